The molecule has 0 heterocycles. The monoisotopic (exact) mass is 440 g/mol. The number of likely N-dealkylation sites (N-methyl/N-ethyl adjacent to an activating group) is 1. The van der Waals surface area contributed by atoms with E-state index in [9.17, 15) is 4.79 Å². The molecule has 32 heavy (non-hydrogen) atoms. The lowest BCUT2D eigenvalue weighted by Crippen LogP contribution is -2.22. The van der Waals surface area contributed by atoms with Gasteiger partial charge in [-0.3, -0.25) is 9.79 Å². The second-order valence-electron chi connectivity index (χ2n) is 9.68. The number of rotatable bonds is 8. The minimum Gasteiger partial charge on any atom is -0.496 e. The van der Waals surface area contributed by atoms with Crippen LogP contribution in [0.1, 0.15) is 47.1 Å². The Hall–Kier alpha value is -3.02. The zero-order valence-corrected chi connectivity index (χ0v) is 20.6. The van der Waals surface area contributed by atoms with Gasteiger partial charge in [0.25, 0.3) is 0 Å². The lowest BCUT2D eigenvalue weighted by Gasteiger charge is -2.23. The highest BCUT2D eigenvalue weighted by Crippen LogP contribution is 2.26. The third-order valence-corrected chi connectivity index (χ3v) is 4.21. The van der Waals surface area contributed by atoms with Gasteiger partial charge in [0, 0.05) is 49.3 Å². The van der Waals surface area contributed by atoms with E-state index in [1.807, 2.05) is 84.0 Å². The van der Waals surface area contributed by atoms with Gasteiger partial charge in [-0.1, -0.05) is 0 Å². The molecule has 0 saturated carbocycles. The van der Waals surface area contributed by atoms with Gasteiger partial charge in [0.05, 0.1) is 13.7 Å². The molecule has 1 aliphatic carbocycles. The third-order valence-electron chi connectivity index (χ3n) is 4.21. The van der Waals surface area contributed by atoms with E-state index in [1.165, 1.54) is 6.08 Å². The number of ketones is 1. The number of methoxy groups -OCH3 is 1. The molecule has 174 valence electrons. The van der Waals surface area contributed by atoms with E-state index < -0.39 is 0 Å². The number of allylic oxidation sites excluding steroid dienone is 4. The summed E-state index contributed by atoms with van der Waals surface area (Å²) in [4.78, 5) is 18.8. The quantitative estimate of drug-likeness (QED) is 0.423. The van der Waals surface area contributed by atoms with E-state index in [4.69, 9.17) is 14.2 Å². The third kappa shape index (κ3) is 8.61. The highest BCUT2D eigenvalue weighted by Gasteiger charge is 2.17. The van der Waals surface area contributed by atoms with Gasteiger partial charge in [-0.05, 0) is 65.8 Å². The molecule has 0 N–H and O–H groups in total. The molecule has 2 rings (SSSR count). The maximum Gasteiger partial charge on any atom is 0.190 e. The summed E-state index contributed by atoms with van der Waals surface area (Å²) < 4.78 is 17.1. The molecule has 0 amide bonds. The molecule has 0 radical (unpaired) electrons. The van der Waals surface area contributed by atoms with Gasteiger partial charge in [0.15, 0.2) is 5.78 Å². The predicted molar refractivity (Wildman–Crippen MR) is 130 cm³/mol. The summed E-state index contributed by atoms with van der Waals surface area (Å²) in [5, 5.41) is 0. The lowest BCUT2D eigenvalue weighted by molar-refractivity contribution is -0.111. The lowest BCUT2D eigenvalue weighted by atomic mass is 10.1. The Morgan fingerprint density at radius 1 is 1.03 bits per heavy atom. The van der Waals surface area contributed by atoms with Crippen molar-refractivity contribution in [2.24, 2.45) is 4.99 Å². The van der Waals surface area contributed by atoms with Crippen molar-refractivity contribution < 1.29 is 19.0 Å². The number of carbonyl (C=O) groups excluding carboxylic acids is 1. The van der Waals surface area contributed by atoms with Crippen LogP contribution in [-0.2, 0) is 9.53 Å². The summed E-state index contributed by atoms with van der Waals surface area (Å²) in [6, 6.07) is 5.72. The maximum absolute atomic E-state index is 12.4. The van der Waals surface area contributed by atoms with Crippen LogP contribution in [-0.4, -0.2) is 55.3 Å². The van der Waals surface area contributed by atoms with Gasteiger partial charge >= 0.3 is 0 Å². The number of hydrogen-bond acceptors (Lipinski definition) is 6. The molecule has 0 saturated heterocycles. The van der Waals surface area contributed by atoms with Crippen molar-refractivity contribution in [2.45, 2.75) is 52.7 Å². The van der Waals surface area contributed by atoms with Gasteiger partial charge in [-0.15, -0.1) is 0 Å². The van der Waals surface area contributed by atoms with Crippen molar-refractivity contribution in [1.29, 1.82) is 0 Å². The van der Waals surface area contributed by atoms with Gasteiger partial charge < -0.3 is 19.1 Å². The molecule has 1 aromatic rings. The van der Waals surface area contributed by atoms with E-state index in [-0.39, 0.29) is 17.0 Å². The van der Waals surface area contributed by atoms with E-state index in [1.54, 1.807) is 19.4 Å². The summed E-state index contributed by atoms with van der Waals surface area (Å²) in [6.45, 7) is 13.1. The van der Waals surface area contributed by atoms with Crippen LogP contribution in [0.3, 0.4) is 0 Å². The van der Waals surface area contributed by atoms with Gasteiger partial charge in [-0.2, -0.15) is 0 Å². The predicted octanol–water partition coefficient (Wildman–Crippen LogP) is 4.95. The Morgan fingerprint density at radius 3 is 2.31 bits per heavy atom. The van der Waals surface area contributed by atoms with Crippen LogP contribution < -0.4 is 9.47 Å². The van der Waals surface area contributed by atoms with Crippen molar-refractivity contribution in [3.8, 4) is 11.5 Å². The molecule has 0 atom stereocenters. The average Bonchev–Trinajstić information content (AvgIpc) is 2.65. The van der Waals surface area contributed by atoms with Crippen molar-refractivity contribution in [3.05, 3.63) is 59.5 Å². The van der Waals surface area contributed by atoms with Crippen molar-refractivity contribution in [1.82, 2.24) is 4.90 Å². The Bertz CT molecular complexity index is 928. The molecule has 0 aliphatic heterocycles. The summed E-state index contributed by atoms with van der Waals surface area (Å²) >= 11 is 0. The first-order valence-electron chi connectivity index (χ1n) is 10.8. The van der Waals surface area contributed by atoms with Crippen molar-refractivity contribution >= 4 is 12.0 Å². The molecule has 0 fully saturated rings. The zero-order chi connectivity index (χ0) is 23.9. The van der Waals surface area contributed by atoms with Gasteiger partial charge in [0.2, 0.25) is 0 Å². The van der Waals surface area contributed by atoms with Gasteiger partial charge in [-0.25, -0.2) is 0 Å². The topological polar surface area (TPSA) is 60.4 Å². The average molecular weight is 441 g/mol. The molecular weight excluding hydrogens is 404 g/mol. The van der Waals surface area contributed by atoms with E-state index in [2.05, 4.69) is 4.99 Å². The Balaban J connectivity index is 1.92. The molecule has 0 aromatic heterocycles. The van der Waals surface area contributed by atoms with Crippen LogP contribution in [0.2, 0.25) is 0 Å². The first-order chi connectivity index (χ1) is 14.9. The fourth-order valence-electron chi connectivity index (χ4n) is 2.93. The Morgan fingerprint density at radius 2 is 1.72 bits per heavy atom. The number of aliphatic imine (C=N–C) groups is 1. The second-order valence-corrected chi connectivity index (χ2v) is 9.68. The SMILES string of the molecule is COc1cc(OC(C)(C)C)ccc1C=NCCN(C)C=C1C=CC(OC(C)(C)C)=CC1=O. The number of ether oxygens (including phenoxy) is 3. The van der Waals surface area contributed by atoms with Crippen LogP contribution in [0.25, 0.3) is 0 Å². The maximum atomic E-state index is 12.4. The summed E-state index contributed by atoms with van der Waals surface area (Å²) in [7, 11) is 3.56. The van der Waals surface area contributed by atoms with Crippen LogP contribution in [0.4, 0.5) is 0 Å². The molecule has 6 nitrogen and oxygen atoms in total. The first kappa shape index (κ1) is 25.2. The zero-order valence-electron chi connectivity index (χ0n) is 20.6. The molecule has 0 unspecified atom stereocenters. The minimum atomic E-state index is -0.338. The van der Waals surface area contributed by atoms with Gasteiger partial charge in [0.1, 0.15) is 28.5 Å². The van der Waals surface area contributed by atoms with Crippen LogP contribution in [0, 0.1) is 0 Å². The normalized spacial score (nSPS) is 15.8. The smallest absolute Gasteiger partial charge is 0.190 e. The van der Waals surface area contributed by atoms with Crippen LogP contribution >= 0.6 is 0 Å². The van der Waals surface area contributed by atoms with Crippen LogP contribution in [0.15, 0.2) is 59.0 Å². The fraction of sp³-hybridized carbons (Fsp3) is 0.462. The van der Waals surface area contributed by atoms with Crippen molar-refractivity contribution in [3.63, 3.8) is 0 Å². The first-order valence-corrected chi connectivity index (χ1v) is 10.8. The molecular formula is C26H36N2O4. The molecule has 0 bridgehead atoms. The van der Waals surface area contributed by atoms with E-state index in [0.29, 0.717) is 30.2 Å². The van der Waals surface area contributed by atoms with E-state index in [0.717, 1.165) is 11.3 Å². The molecule has 1 aromatic carbocycles. The van der Waals surface area contributed by atoms with Crippen LogP contribution in [0.5, 0.6) is 11.5 Å². The largest absolute Gasteiger partial charge is 0.496 e. The Labute approximate surface area is 192 Å². The minimum absolute atomic E-state index is 0.0654. The molecule has 6 heteroatoms. The number of benzene rings is 1. The standard InChI is InChI=1S/C26H36N2O4/c1-25(2,3)31-21-12-10-20(23(29)15-21)18-28(7)14-13-27-17-19-9-11-22(16-24(19)30-8)32-26(4,5)6/h9-12,15-18H,13-14H2,1-8H3. The second kappa shape index (κ2) is 10.5. The Kier molecular flexibility index (Phi) is 8.31. The van der Waals surface area contributed by atoms with Crippen molar-refractivity contribution in [2.75, 3.05) is 27.2 Å². The molecule has 1 aliphatic rings. The van der Waals surface area contributed by atoms with E-state index >= 15 is 0 Å². The molecule has 0 spiro atoms. The summed E-state index contributed by atoms with van der Waals surface area (Å²) in [5.74, 6) is 1.99. The highest BCUT2D eigenvalue weighted by molar-refractivity contribution is 6.07. The summed E-state index contributed by atoms with van der Waals surface area (Å²) in [5.41, 5.74) is 0.895. The highest BCUT2D eigenvalue weighted by atomic mass is 16.5. The number of carbonyl (C=O) groups is 1. The fourth-order valence-corrected chi connectivity index (χ4v) is 2.93. The number of hydrogen-bond donors (Lipinski definition) is 0. The number of nitrogens with zero attached hydrogens (tertiary/aromatic N) is 2. The summed E-state index contributed by atoms with van der Waals surface area (Å²) in [6.07, 6.45) is 8.77.